The number of nitro groups is 2. The highest BCUT2D eigenvalue weighted by Crippen LogP contribution is 2.24. The number of rotatable bonds is 6. The summed E-state index contributed by atoms with van der Waals surface area (Å²) in [5.41, 5.74) is 1.43. The van der Waals surface area contributed by atoms with E-state index >= 15 is 0 Å². The molecular weight excluding hydrogens is 360 g/mol. The topological polar surface area (TPSA) is 111 Å². The summed E-state index contributed by atoms with van der Waals surface area (Å²) in [6.45, 7) is 0. The van der Waals surface area contributed by atoms with Gasteiger partial charge in [0.2, 0.25) is 0 Å². The second kappa shape index (κ2) is 8.98. The number of benzene rings is 2. The van der Waals surface area contributed by atoms with Gasteiger partial charge in [0.05, 0.1) is 21.9 Å². The molecule has 0 aliphatic heterocycles. The van der Waals surface area contributed by atoms with Crippen molar-refractivity contribution in [2.45, 2.75) is 37.8 Å². The van der Waals surface area contributed by atoms with Gasteiger partial charge in [0.1, 0.15) is 0 Å². The maximum atomic E-state index is 10.9. The van der Waals surface area contributed by atoms with Crippen molar-refractivity contribution in [2.24, 2.45) is 9.98 Å². The molecule has 2 atom stereocenters. The first-order valence-electron chi connectivity index (χ1n) is 9.08. The summed E-state index contributed by atoms with van der Waals surface area (Å²) in [4.78, 5) is 30.2. The Hall–Kier alpha value is -3.42. The van der Waals surface area contributed by atoms with Crippen molar-refractivity contribution >= 4 is 23.8 Å². The second-order valence-electron chi connectivity index (χ2n) is 6.68. The molecule has 3 rings (SSSR count). The lowest BCUT2D eigenvalue weighted by atomic mass is 9.91. The van der Waals surface area contributed by atoms with Crippen molar-refractivity contribution in [3.63, 3.8) is 0 Å². The zero-order valence-electron chi connectivity index (χ0n) is 15.2. The van der Waals surface area contributed by atoms with Gasteiger partial charge in [0.15, 0.2) is 0 Å². The Balaban J connectivity index is 1.73. The molecule has 0 saturated heterocycles. The fourth-order valence-electron chi connectivity index (χ4n) is 3.24. The van der Waals surface area contributed by atoms with Crippen LogP contribution in [0.5, 0.6) is 0 Å². The molecule has 0 amide bonds. The van der Waals surface area contributed by atoms with E-state index in [0.29, 0.717) is 11.1 Å². The molecule has 1 fully saturated rings. The minimum Gasteiger partial charge on any atom is -0.287 e. The molecule has 8 nitrogen and oxygen atoms in total. The van der Waals surface area contributed by atoms with Gasteiger partial charge in [-0.1, -0.05) is 37.1 Å². The van der Waals surface area contributed by atoms with Crippen molar-refractivity contribution in [1.29, 1.82) is 0 Å². The fraction of sp³-hybridized carbons (Fsp3) is 0.300. The van der Waals surface area contributed by atoms with Gasteiger partial charge < -0.3 is 0 Å². The summed E-state index contributed by atoms with van der Waals surface area (Å²) in [5, 5.41) is 21.8. The largest absolute Gasteiger partial charge is 0.287 e. The van der Waals surface area contributed by atoms with Gasteiger partial charge in [-0.25, -0.2) is 0 Å². The van der Waals surface area contributed by atoms with Crippen molar-refractivity contribution in [2.75, 3.05) is 0 Å². The van der Waals surface area contributed by atoms with E-state index in [9.17, 15) is 20.2 Å². The van der Waals surface area contributed by atoms with Gasteiger partial charge >= 0.3 is 0 Å². The summed E-state index contributed by atoms with van der Waals surface area (Å²) in [7, 11) is 0. The molecule has 28 heavy (non-hydrogen) atoms. The number of aliphatic imine (C=N–C) groups is 2. The summed E-state index contributed by atoms with van der Waals surface area (Å²) in [6.07, 6.45) is 7.22. The third kappa shape index (κ3) is 5.06. The first-order chi connectivity index (χ1) is 13.5. The van der Waals surface area contributed by atoms with Crippen LogP contribution in [-0.4, -0.2) is 34.4 Å². The van der Waals surface area contributed by atoms with Crippen molar-refractivity contribution in [1.82, 2.24) is 0 Å². The minimum absolute atomic E-state index is 0.0111. The first kappa shape index (κ1) is 19.3. The highest BCUT2D eigenvalue weighted by Gasteiger charge is 2.23. The van der Waals surface area contributed by atoms with Gasteiger partial charge in [0, 0.05) is 36.7 Å². The molecule has 0 heterocycles. The van der Waals surface area contributed by atoms with Crippen LogP contribution in [0, 0.1) is 20.2 Å². The number of nitro benzene ring substituents is 2. The molecule has 0 spiro atoms. The second-order valence-corrected chi connectivity index (χ2v) is 6.68. The lowest BCUT2D eigenvalue weighted by molar-refractivity contribution is -0.385. The molecule has 0 aromatic heterocycles. The Morgan fingerprint density at radius 3 is 1.61 bits per heavy atom. The van der Waals surface area contributed by atoms with Crippen LogP contribution in [0.2, 0.25) is 0 Å². The smallest absolute Gasteiger partial charge is 0.270 e. The van der Waals surface area contributed by atoms with E-state index in [4.69, 9.17) is 0 Å². The highest BCUT2D eigenvalue weighted by atomic mass is 16.6. The van der Waals surface area contributed by atoms with Gasteiger partial charge in [-0.05, 0) is 24.0 Å². The number of non-ortho nitro benzene ring substituents is 2. The van der Waals surface area contributed by atoms with Gasteiger partial charge in [-0.2, -0.15) is 0 Å². The maximum Gasteiger partial charge on any atom is 0.270 e. The maximum absolute atomic E-state index is 10.9. The molecule has 1 saturated carbocycles. The standard InChI is InChI=1S/C20H20N4O4/c25-23(26)17-7-3-5-15(11-17)13-21-19-9-1-2-10-20(19)22-14-16-6-4-8-18(12-16)24(27)28/h3-8,11-14,19-20H,1-2,9-10H2/t19-,20+. The predicted octanol–water partition coefficient (Wildman–Crippen LogP) is 4.35. The first-order valence-corrected chi connectivity index (χ1v) is 9.08. The third-order valence-electron chi connectivity index (χ3n) is 4.69. The zero-order valence-corrected chi connectivity index (χ0v) is 15.2. The van der Waals surface area contributed by atoms with Gasteiger partial charge in [-0.3, -0.25) is 30.2 Å². The molecule has 8 heteroatoms. The van der Waals surface area contributed by atoms with E-state index in [1.807, 2.05) is 0 Å². The highest BCUT2D eigenvalue weighted by molar-refractivity contribution is 5.81. The summed E-state index contributed by atoms with van der Waals surface area (Å²) in [6, 6.07) is 12.7. The van der Waals surface area contributed by atoms with Crippen LogP contribution >= 0.6 is 0 Å². The minimum atomic E-state index is -0.426. The molecule has 0 unspecified atom stereocenters. The monoisotopic (exact) mass is 380 g/mol. The van der Waals surface area contributed by atoms with E-state index in [1.54, 1.807) is 36.7 Å². The Morgan fingerprint density at radius 2 is 1.21 bits per heavy atom. The average Bonchev–Trinajstić information content (AvgIpc) is 2.71. The number of nitrogens with zero attached hydrogens (tertiary/aromatic N) is 4. The van der Waals surface area contributed by atoms with E-state index in [0.717, 1.165) is 25.7 Å². The summed E-state index contributed by atoms with van der Waals surface area (Å²) < 4.78 is 0. The van der Waals surface area contributed by atoms with Crippen LogP contribution < -0.4 is 0 Å². The van der Waals surface area contributed by atoms with Crippen LogP contribution in [0.1, 0.15) is 36.8 Å². The van der Waals surface area contributed by atoms with Gasteiger partial charge in [-0.15, -0.1) is 0 Å². The number of hydrogen-bond acceptors (Lipinski definition) is 6. The molecule has 0 radical (unpaired) electrons. The third-order valence-corrected chi connectivity index (χ3v) is 4.69. The molecule has 0 N–H and O–H groups in total. The zero-order chi connectivity index (χ0) is 19.9. The predicted molar refractivity (Wildman–Crippen MR) is 107 cm³/mol. The molecule has 1 aliphatic rings. The van der Waals surface area contributed by atoms with Crippen molar-refractivity contribution in [3.05, 3.63) is 79.9 Å². The summed E-state index contributed by atoms with van der Waals surface area (Å²) >= 11 is 0. The van der Waals surface area contributed by atoms with Crippen LogP contribution in [0.25, 0.3) is 0 Å². The molecule has 144 valence electrons. The Morgan fingerprint density at radius 1 is 0.786 bits per heavy atom. The van der Waals surface area contributed by atoms with E-state index in [1.165, 1.54) is 24.3 Å². The fourth-order valence-corrected chi connectivity index (χ4v) is 3.24. The lowest BCUT2D eigenvalue weighted by Crippen LogP contribution is -2.27. The van der Waals surface area contributed by atoms with Crippen LogP contribution in [-0.2, 0) is 0 Å². The molecule has 2 aromatic carbocycles. The van der Waals surface area contributed by atoms with E-state index in [2.05, 4.69) is 9.98 Å². The Bertz CT molecular complexity index is 850. The van der Waals surface area contributed by atoms with Crippen LogP contribution in [0.4, 0.5) is 11.4 Å². The quantitative estimate of drug-likeness (QED) is 0.421. The molecule has 2 aromatic rings. The van der Waals surface area contributed by atoms with Gasteiger partial charge in [0.25, 0.3) is 11.4 Å². The van der Waals surface area contributed by atoms with Crippen molar-refractivity contribution in [3.8, 4) is 0 Å². The van der Waals surface area contributed by atoms with Crippen molar-refractivity contribution < 1.29 is 9.85 Å². The lowest BCUT2D eigenvalue weighted by Gasteiger charge is -2.25. The van der Waals surface area contributed by atoms with Crippen LogP contribution in [0.15, 0.2) is 58.5 Å². The Labute approximate surface area is 161 Å². The van der Waals surface area contributed by atoms with Crippen LogP contribution in [0.3, 0.4) is 0 Å². The van der Waals surface area contributed by atoms with E-state index in [-0.39, 0.29) is 23.5 Å². The molecule has 1 aliphatic carbocycles. The van der Waals surface area contributed by atoms with E-state index < -0.39 is 9.85 Å². The molecule has 0 bridgehead atoms. The normalized spacial score (nSPS) is 19.9. The molecular formula is C20H20N4O4. The number of hydrogen-bond donors (Lipinski definition) is 0. The Kier molecular flexibility index (Phi) is 6.21. The average molecular weight is 380 g/mol. The SMILES string of the molecule is O=[N+]([O-])c1cccc(C=N[C@H]2CCCC[C@H]2N=Cc2cccc([N+](=O)[O-])c2)c1. The summed E-state index contributed by atoms with van der Waals surface area (Å²) in [5.74, 6) is 0.